The summed E-state index contributed by atoms with van der Waals surface area (Å²) in [5, 5.41) is 18.3. The van der Waals surface area contributed by atoms with Crippen LogP contribution in [0.4, 0.5) is 0 Å². The number of phenols is 1. The predicted octanol–water partition coefficient (Wildman–Crippen LogP) is 2.79. The Balaban J connectivity index is 2.37. The summed E-state index contributed by atoms with van der Waals surface area (Å²) < 4.78 is 0. The van der Waals surface area contributed by atoms with Gasteiger partial charge in [0.25, 0.3) is 0 Å². The molecule has 0 spiro atoms. The van der Waals surface area contributed by atoms with Crippen LogP contribution in [0.5, 0.6) is 5.75 Å². The molecular formula is C16H25NO3. The molecule has 2 unspecified atom stereocenters. The van der Waals surface area contributed by atoms with E-state index in [1.54, 1.807) is 12.1 Å². The fourth-order valence-corrected chi connectivity index (χ4v) is 2.45. The number of carbonyl (C=O) groups is 1. The topological polar surface area (TPSA) is 83.5 Å². The van der Waals surface area contributed by atoms with Crippen LogP contribution >= 0.6 is 0 Å². The number of phenolic OH excluding ortho intramolecular Hbond substituents is 1. The van der Waals surface area contributed by atoms with Crippen LogP contribution in [0.25, 0.3) is 0 Å². The zero-order valence-electron chi connectivity index (χ0n) is 12.1. The summed E-state index contributed by atoms with van der Waals surface area (Å²) in [5.41, 5.74) is 6.71. The van der Waals surface area contributed by atoms with Gasteiger partial charge >= 0.3 is 5.97 Å². The highest BCUT2D eigenvalue weighted by Gasteiger charge is 2.20. The summed E-state index contributed by atoms with van der Waals surface area (Å²) in [5.74, 6) is -0.512. The summed E-state index contributed by atoms with van der Waals surface area (Å²) >= 11 is 0. The Morgan fingerprint density at radius 1 is 1.30 bits per heavy atom. The zero-order valence-corrected chi connectivity index (χ0v) is 12.1. The molecule has 0 aromatic heterocycles. The van der Waals surface area contributed by atoms with Crippen molar-refractivity contribution in [3.05, 3.63) is 29.8 Å². The van der Waals surface area contributed by atoms with Gasteiger partial charge in [-0.1, -0.05) is 31.9 Å². The molecule has 112 valence electrons. The quantitative estimate of drug-likeness (QED) is 0.649. The first-order chi connectivity index (χ1) is 9.56. The van der Waals surface area contributed by atoms with E-state index in [0.717, 1.165) is 25.7 Å². The number of aromatic hydroxyl groups is 1. The number of carboxylic acid groups (broad SMARTS) is 1. The van der Waals surface area contributed by atoms with Crippen molar-refractivity contribution in [2.75, 3.05) is 6.54 Å². The van der Waals surface area contributed by atoms with Crippen molar-refractivity contribution >= 4 is 5.97 Å². The molecule has 2 atom stereocenters. The van der Waals surface area contributed by atoms with Crippen LogP contribution < -0.4 is 5.73 Å². The Hall–Kier alpha value is -1.55. The van der Waals surface area contributed by atoms with Crippen molar-refractivity contribution in [2.24, 2.45) is 17.6 Å². The fourth-order valence-electron chi connectivity index (χ4n) is 2.45. The minimum Gasteiger partial charge on any atom is -0.508 e. The molecule has 20 heavy (non-hydrogen) atoms. The van der Waals surface area contributed by atoms with Crippen LogP contribution in [0.1, 0.15) is 38.2 Å². The molecule has 0 aliphatic heterocycles. The second kappa shape index (κ2) is 8.59. The van der Waals surface area contributed by atoms with Crippen molar-refractivity contribution in [1.29, 1.82) is 0 Å². The molecule has 0 aliphatic rings. The van der Waals surface area contributed by atoms with Gasteiger partial charge in [-0.05, 0) is 42.9 Å². The third-order valence-electron chi connectivity index (χ3n) is 3.84. The second-order valence-corrected chi connectivity index (χ2v) is 5.34. The van der Waals surface area contributed by atoms with Gasteiger partial charge in [0.15, 0.2) is 0 Å². The number of hydrogen-bond acceptors (Lipinski definition) is 3. The molecule has 1 rings (SSSR count). The molecule has 0 fully saturated rings. The third-order valence-corrected chi connectivity index (χ3v) is 3.84. The number of carboxylic acids is 1. The van der Waals surface area contributed by atoms with Gasteiger partial charge in [-0.15, -0.1) is 0 Å². The maximum atomic E-state index is 11.0. The van der Waals surface area contributed by atoms with E-state index in [4.69, 9.17) is 10.8 Å². The van der Waals surface area contributed by atoms with Gasteiger partial charge in [-0.25, -0.2) is 0 Å². The molecular weight excluding hydrogens is 254 g/mol. The van der Waals surface area contributed by atoms with Crippen LogP contribution in [0, 0.1) is 11.8 Å². The molecule has 1 aromatic rings. The lowest BCUT2D eigenvalue weighted by Crippen LogP contribution is -2.25. The number of aryl methyl sites for hydroxylation is 1. The molecule has 0 heterocycles. The molecule has 0 bridgehead atoms. The van der Waals surface area contributed by atoms with Gasteiger partial charge in [-0.2, -0.15) is 0 Å². The maximum absolute atomic E-state index is 11.0. The molecule has 0 saturated heterocycles. The van der Waals surface area contributed by atoms with Crippen LogP contribution in [-0.4, -0.2) is 22.7 Å². The van der Waals surface area contributed by atoms with Crippen LogP contribution in [-0.2, 0) is 11.2 Å². The average molecular weight is 279 g/mol. The van der Waals surface area contributed by atoms with E-state index >= 15 is 0 Å². The smallest absolute Gasteiger partial charge is 0.307 e. The minimum atomic E-state index is -0.788. The lowest BCUT2D eigenvalue weighted by molar-refractivity contribution is -0.142. The minimum absolute atomic E-state index is 0.212. The SMILES string of the molecule is CCC(CCCc1ccc(O)cc1)CC(CN)C(=O)O. The van der Waals surface area contributed by atoms with E-state index in [0.29, 0.717) is 12.3 Å². The van der Waals surface area contributed by atoms with Crippen LogP contribution in [0.2, 0.25) is 0 Å². The van der Waals surface area contributed by atoms with Gasteiger partial charge in [0.2, 0.25) is 0 Å². The number of hydrogen-bond donors (Lipinski definition) is 3. The fraction of sp³-hybridized carbons (Fsp3) is 0.562. The van der Waals surface area contributed by atoms with Gasteiger partial charge in [0.1, 0.15) is 5.75 Å². The van der Waals surface area contributed by atoms with E-state index < -0.39 is 11.9 Å². The van der Waals surface area contributed by atoms with Crippen LogP contribution in [0.15, 0.2) is 24.3 Å². The van der Waals surface area contributed by atoms with Gasteiger partial charge in [-0.3, -0.25) is 4.79 Å². The van der Waals surface area contributed by atoms with Gasteiger partial charge in [0, 0.05) is 6.54 Å². The Kier molecular flexibility index (Phi) is 7.09. The molecule has 0 radical (unpaired) electrons. The van der Waals surface area contributed by atoms with Crippen LogP contribution in [0.3, 0.4) is 0 Å². The van der Waals surface area contributed by atoms with Crippen molar-refractivity contribution < 1.29 is 15.0 Å². The summed E-state index contributed by atoms with van der Waals surface area (Å²) in [6.07, 6.45) is 4.65. The molecule has 0 saturated carbocycles. The first-order valence-corrected chi connectivity index (χ1v) is 7.27. The van der Waals surface area contributed by atoms with E-state index in [1.807, 2.05) is 12.1 Å². The first-order valence-electron chi connectivity index (χ1n) is 7.27. The van der Waals surface area contributed by atoms with E-state index in [2.05, 4.69) is 6.92 Å². The third kappa shape index (κ3) is 5.61. The van der Waals surface area contributed by atoms with E-state index in [9.17, 15) is 9.90 Å². The molecule has 0 aliphatic carbocycles. The molecule has 4 heteroatoms. The number of aliphatic carboxylic acids is 1. The van der Waals surface area contributed by atoms with Crippen molar-refractivity contribution in [3.8, 4) is 5.75 Å². The molecule has 1 aromatic carbocycles. The maximum Gasteiger partial charge on any atom is 0.307 e. The monoisotopic (exact) mass is 279 g/mol. The van der Waals surface area contributed by atoms with Crippen molar-refractivity contribution in [1.82, 2.24) is 0 Å². The second-order valence-electron chi connectivity index (χ2n) is 5.34. The lowest BCUT2D eigenvalue weighted by atomic mass is 9.88. The normalized spacial score (nSPS) is 13.9. The zero-order chi connectivity index (χ0) is 15.0. The van der Waals surface area contributed by atoms with Crippen molar-refractivity contribution in [2.45, 2.75) is 39.0 Å². The highest BCUT2D eigenvalue weighted by atomic mass is 16.4. The standard InChI is InChI=1S/C16H25NO3/c1-2-12(10-14(11-17)16(19)20)4-3-5-13-6-8-15(18)9-7-13/h6-9,12,14,18H,2-5,10-11,17H2,1H3,(H,19,20). The molecule has 0 amide bonds. The van der Waals surface area contributed by atoms with Gasteiger partial charge in [0.05, 0.1) is 5.92 Å². The molecule has 4 nitrogen and oxygen atoms in total. The summed E-state index contributed by atoms with van der Waals surface area (Å²) in [7, 11) is 0. The summed E-state index contributed by atoms with van der Waals surface area (Å²) in [6, 6.07) is 7.25. The Morgan fingerprint density at radius 3 is 2.45 bits per heavy atom. The largest absolute Gasteiger partial charge is 0.508 e. The Morgan fingerprint density at radius 2 is 1.95 bits per heavy atom. The highest BCUT2D eigenvalue weighted by molar-refractivity contribution is 5.70. The summed E-state index contributed by atoms with van der Waals surface area (Å²) in [4.78, 5) is 11.0. The Labute approximate surface area is 120 Å². The average Bonchev–Trinajstić information content (AvgIpc) is 2.44. The highest BCUT2D eigenvalue weighted by Crippen LogP contribution is 2.22. The first kappa shape index (κ1) is 16.5. The molecule has 4 N–H and O–H groups in total. The number of nitrogens with two attached hydrogens (primary N) is 1. The Bertz CT molecular complexity index is 403. The van der Waals surface area contributed by atoms with E-state index in [-0.39, 0.29) is 12.3 Å². The van der Waals surface area contributed by atoms with Gasteiger partial charge < -0.3 is 15.9 Å². The van der Waals surface area contributed by atoms with E-state index in [1.165, 1.54) is 5.56 Å². The number of benzene rings is 1. The predicted molar refractivity (Wildman–Crippen MR) is 79.6 cm³/mol. The lowest BCUT2D eigenvalue weighted by Gasteiger charge is -2.18. The summed E-state index contributed by atoms with van der Waals surface area (Å²) in [6.45, 7) is 2.31. The number of rotatable bonds is 9. The van der Waals surface area contributed by atoms with Crippen molar-refractivity contribution in [3.63, 3.8) is 0 Å².